The van der Waals surface area contributed by atoms with Gasteiger partial charge in [0.15, 0.2) is 0 Å². The Hall–Kier alpha value is -2.07. The van der Waals surface area contributed by atoms with Crippen LogP contribution in [0.15, 0.2) is 53.0 Å². The quantitative estimate of drug-likeness (QED) is 0.714. The third kappa shape index (κ3) is 3.00. The number of aromatic nitrogens is 1. The molecule has 2 aromatic carbocycles. The number of halogens is 1. The third-order valence-corrected chi connectivity index (χ3v) is 4.00. The first kappa shape index (κ1) is 13.9. The number of anilines is 1. The Kier molecular flexibility index (Phi) is 3.80. The van der Waals surface area contributed by atoms with Crippen molar-refractivity contribution in [3.8, 4) is 5.75 Å². The SMILES string of the molecule is Cc1ccc2cccc(OCc3ccc(Br)c(N)c3)c2n1. The fourth-order valence-corrected chi connectivity index (χ4v) is 2.42. The van der Waals surface area contributed by atoms with Crippen LogP contribution in [0.3, 0.4) is 0 Å². The molecule has 0 saturated carbocycles. The molecular formula is C17H15BrN2O. The van der Waals surface area contributed by atoms with E-state index >= 15 is 0 Å². The van der Waals surface area contributed by atoms with Crippen LogP contribution in [-0.2, 0) is 6.61 Å². The minimum Gasteiger partial charge on any atom is -0.487 e. The molecular weight excluding hydrogens is 328 g/mol. The second-order valence-corrected chi connectivity index (χ2v) is 5.78. The predicted molar refractivity (Wildman–Crippen MR) is 89.4 cm³/mol. The molecule has 3 nitrogen and oxygen atoms in total. The summed E-state index contributed by atoms with van der Waals surface area (Å²) in [4.78, 5) is 4.56. The molecule has 0 atom stereocenters. The molecule has 21 heavy (non-hydrogen) atoms. The van der Waals surface area contributed by atoms with Crippen molar-refractivity contribution in [1.82, 2.24) is 4.98 Å². The summed E-state index contributed by atoms with van der Waals surface area (Å²) >= 11 is 3.39. The highest BCUT2D eigenvalue weighted by Gasteiger charge is 2.05. The number of hydrogen-bond acceptors (Lipinski definition) is 3. The number of aryl methyl sites for hydroxylation is 1. The normalized spacial score (nSPS) is 10.8. The molecule has 1 aromatic heterocycles. The van der Waals surface area contributed by atoms with Gasteiger partial charge in [-0.15, -0.1) is 0 Å². The van der Waals surface area contributed by atoms with Gasteiger partial charge in [-0.1, -0.05) is 24.3 Å². The van der Waals surface area contributed by atoms with Crippen LogP contribution in [0.5, 0.6) is 5.75 Å². The Balaban J connectivity index is 1.88. The van der Waals surface area contributed by atoms with E-state index in [-0.39, 0.29) is 0 Å². The van der Waals surface area contributed by atoms with Crippen LogP contribution in [0, 0.1) is 6.92 Å². The van der Waals surface area contributed by atoms with Gasteiger partial charge in [0.05, 0.1) is 0 Å². The summed E-state index contributed by atoms with van der Waals surface area (Å²) in [6, 6.07) is 15.8. The molecule has 0 unspecified atom stereocenters. The number of nitrogens with zero attached hydrogens (tertiary/aromatic N) is 1. The van der Waals surface area contributed by atoms with Crippen molar-refractivity contribution in [1.29, 1.82) is 0 Å². The molecule has 0 aliphatic heterocycles. The molecule has 106 valence electrons. The zero-order valence-corrected chi connectivity index (χ0v) is 13.2. The van der Waals surface area contributed by atoms with Gasteiger partial charge in [-0.25, -0.2) is 4.98 Å². The maximum absolute atomic E-state index is 5.92. The van der Waals surface area contributed by atoms with Gasteiger partial charge in [-0.2, -0.15) is 0 Å². The van der Waals surface area contributed by atoms with E-state index in [1.54, 1.807) is 0 Å². The molecule has 0 aliphatic carbocycles. The highest BCUT2D eigenvalue weighted by molar-refractivity contribution is 9.10. The van der Waals surface area contributed by atoms with Crippen molar-refractivity contribution in [3.63, 3.8) is 0 Å². The summed E-state index contributed by atoms with van der Waals surface area (Å²) in [5, 5.41) is 1.08. The largest absolute Gasteiger partial charge is 0.487 e. The summed E-state index contributed by atoms with van der Waals surface area (Å²) in [6.45, 7) is 2.44. The van der Waals surface area contributed by atoms with E-state index in [9.17, 15) is 0 Å². The van der Waals surface area contributed by atoms with Gasteiger partial charge in [0.1, 0.15) is 17.9 Å². The van der Waals surface area contributed by atoms with Crippen molar-refractivity contribution in [2.45, 2.75) is 13.5 Å². The molecule has 0 aliphatic rings. The van der Waals surface area contributed by atoms with Crippen LogP contribution in [-0.4, -0.2) is 4.98 Å². The lowest BCUT2D eigenvalue weighted by Gasteiger charge is -2.10. The molecule has 2 N–H and O–H groups in total. The number of hydrogen-bond donors (Lipinski definition) is 1. The van der Waals surface area contributed by atoms with E-state index in [0.717, 1.165) is 32.4 Å². The highest BCUT2D eigenvalue weighted by atomic mass is 79.9. The van der Waals surface area contributed by atoms with Crippen molar-refractivity contribution < 1.29 is 4.74 Å². The number of nitrogen functional groups attached to an aromatic ring is 1. The number of ether oxygens (including phenoxy) is 1. The van der Waals surface area contributed by atoms with Crippen molar-refractivity contribution in [2.75, 3.05) is 5.73 Å². The average Bonchev–Trinajstić information content (AvgIpc) is 2.48. The van der Waals surface area contributed by atoms with Crippen molar-refractivity contribution in [2.24, 2.45) is 0 Å². The van der Waals surface area contributed by atoms with Crippen LogP contribution in [0.4, 0.5) is 5.69 Å². The molecule has 1 heterocycles. The Labute approximate surface area is 131 Å². The first-order chi connectivity index (χ1) is 10.1. The minimum absolute atomic E-state index is 0.464. The van der Waals surface area contributed by atoms with Gasteiger partial charge in [-0.3, -0.25) is 0 Å². The summed E-state index contributed by atoms with van der Waals surface area (Å²) in [6.07, 6.45) is 0. The van der Waals surface area contributed by atoms with Gasteiger partial charge in [0.2, 0.25) is 0 Å². The number of benzene rings is 2. The third-order valence-electron chi connectivity index (χ3n) is 3.28. The van der Waals surface area contributed by atoms with E-state index in [4.69, 9.17) is 10.5 Å². The summed E-state index contributed by atoms with van der Waals surface area (Å²) in [5.74, 6) is 0.790. The Morgan fingerprint density at radius 3 is 2.81 bits per heavy atom. The number of pyridine rings is 1. The topological polar surface area (TPSA) is 48.1 Å². The second-order valence-electron chi connectivity index (χ2n) is 4.93. The maximum Gasteiger partial charge on any atom is 0.146 e. The standard InChI is InChI=1S/C17H15BrN2O/c1-11-5-7-13-3-2-4-16(17(13)20-11)21-10-12-6-8-14(18)15(19)9-12/h2-9H,10,19H2,1H3. The number of rotatable bonds is 3. The molecule has 0 spiro atoms. The zero-order valence-electron chi connectivity index (χ0n) is 11.6. The molecule has 0 fully saturated rings. The molecule has 0 bridgehead atoms. The molecule has 3 aromatic rings. The number of fused-ring (bicyclic) bond motifs is 1. The first-order valence-corrected chi connectivity index (χ1v) is 7.46. The van der Waals surface area contributed by atoms with E-state index in [2.05, 4.69) is 27.0 Å². The zero-order chi connectivity index (χ0) is 14.8. The minimum atomic E-state index is 0.464. The lowest BCUT2D eigenvalue weighted by atomic mass is 10.2. The van der Waals surface area contributed by atoms with E-state index < -0.39 is 0 Å². The Morgan fingerprint density at radius 1 is 1.14 bits per heavy atom. The van der Waals surface area contributed by atoms with E-state index in [0.29, 0.717) is 12.3 Å². The summed E-state index contributed by atoms with van der Waals surface area (Å²) < 4.78 is 6.82. The molecule has 4 heteroatoms. The van der Waals surface area contributed by atoms with E-state index in [1.165, 1.54) is 0 Å². The van der Waals surface area contributed by atoms with Crippen LogP contribution < -0.4 is 10.5 Å². The van der Waals surface area contributed by atoms with Gasteiger partial charge < -0.3 is 10.5 Å². The van der Waals surface area contributed by atoms with Gasteiger partial charge in [-0.05, 0) is 52.7 Å². The van der Waals surface area contributed by atoms with Crippen LogP contribution in [0.1, 0.15) is 11.3 Å². The number of para-hydroxylation sites is 1. The molecule has 0 saturated heterocycles. The van der Waals surface area contributed by atoms with Crippen LogP contribution >= 0.6 is 15.9 Å². The highest BCUT2D eigenvalue weighted by Crippen LogP contribution is 2.26. The Morgan fingerprint density at radius 2 is 2.00 bits per heavy atom. The maximum atomic E-state index is 5.92. The summed E-state index contributed by atoms with van der Waals surface area (Å²) in [7, 11) is 0. The molecule has 3 rings (SSSR count). The van der Waals surface area contributed by atoms with Gasteiger partial charge >= 0.3 is 0 Å². The fraction of sp³-hybridized carbons (Fsp3) is 0.118. The molecule has 0 amide bonds. The smallest absolute Gasteiger partial charge is 0.146 e. The Bertz CT molecular complexity index is 802. The van der Waals surface area contributed by atoms with Gasteiger partial charge in [0, 0.05) is 21.2 Å². The van der Waals surface area contributed by atoms with Crippen LogP contribution in [0.2, 0.25) is 0 Å². The average molecular weight is 343 g/mol. The monoisotopic (exact) mass is 342 g/mol. The lowest BCUT2D eigenvalue weighted by molar-refractivity contribution is 0.309. The second kappa shape index (κ2) is 5.74. The summed E-state index contributed by atoms with van der Waals surface area (Å²) in [5.41, 5.74) is 9.49. The van der Waals surface area contributed by atoms with E-state index in [1.807, 2.05) is 49.4 Å². The van der Waals surface area contributed by atoms with Crippen molar-refractivity contribution >= 4 is 32.5 Å². The van der Waals surface area contributed by atoms with Gasteiger partial charge in [0.25, 0.3) is 0 Å². The fourth-order valence-electron chi connectivity index (χ4n) is 2.18. The number of nitrogens with two attached hydrogens (primary N) is 1. The lowest BCUT2D eigenvalue weighted by Crippen LogP contribution is -1.98. The first-order valence-electron chi connectivity index (χ1n) is 6.66. The van der Waals surface area contributed by atoms with Crippen molar-refractivity contribution in [3.05, 3.63) is 64.3 Å². The predicted octanol–water partition coefficient (Wildman–Crippen LogP) is 4.47. The molecule has 0 radical (unpaired) electrons. The van der Waals surface area contributed by atoms with Crippen LogP contribution in [0.25, 0.3) is 10.9 Å².